The maximum absolute atomic E-state index is 5.98. The molecule has 0 amide bonds. The summed E-state index contributed by atoms with van der Waals surface area (Å²) in [6, 6.07) is 7.08. The van der Waals surface area contributed by atoms with E-state index in [1.807, 2.05) is 12.1 Å². The number of anilines is 2. The Morgan fingerprint density at radius 1 is 1.11 bits per heavy atom. The number of H-pyrrole nitrogens is 1. The Labute approximate surface area is 123 Å². The molecule has 7 heteroatoms. The van der Waals surface area contributed by atoms with E-state index in [-0.39, 0.29) is 0 Å². The lowest BCUT2D eigenvalue weighted by atomic mass is 10.3. The zero-order valence-corrected chi connectivity index (χ0v) is 11.7. The number of aromatic amines is 1. The number of benzene rings is 1. The molecule has 2 N–H and O–H groups in total. The van der Waals surface area contributed by atoms with Crippen molar-refractivity contribution in [3.63, 3.8) is 0 Å². The minimum atomic E-state index is 0.332. The van der Waals surface area contributed by atoms with Crippen LogP contribution in [-0.2, 0) is 0 Å². The largest absolute Gasteiger partial charge is 0.337 e. The normalized spacial score (nSPS) is 10.9. The number of halogens is 3. The van der Waals surface area contributed by atoms with Crippen LogP contribution in [0.15, 0.2) is 30.5 Å². The average molecular weight is 314 g/mol. The summed E-state index contributed by atoms with van der Waals surface area (Å²) in [5.74, 6) is 0.602. The molecule has 0 radical (unpaired) electrons. The van der Waals surface area contributed by atoms with Gasteiger partial charge in [0.25, 0.3) is 0 Å². The van der Waals surface area contributed by atoms with Crippen LogP contribution < -0.4 is 5.32 Å². The highest BCUT2D eigenvalue weighted by Gasteiger charge is 2.09. The monoisotopic (exact) mass is 312 g/mol. The van der Waals surface area contributed by atoms with E-state index < -0.39 is 0 Å². The smallest absolute Gasteiger partial charge is 0.178 e. The van der Waals surface area contributed by atoms with E-state index >= 15 is 0 Å². The fourth-order valence-corrected chi connectivity index (χ4v) is 2.30. The lowest BCUT2D eigenvalue weighted by Gasteiger charge is -2.06. The van der Waals surface area contributed by atoms with Gasteiger partial charge in [0, 0.05) is 11.9 Å². The molecule has 0 bridgehead atoms. The fourth-order valence-electron chi connectivity index (χ4n) is 1.70. The van der Waals surface area contributed by atoms with Gasteiger partial charge in [0.05, 0.1) is 20.6 Å². The Hall–Kier alpha value is -1.49. The van der Waals surface area contributed by atoms with Crippen LogP contribution in [0.2, 0.25) is 15.1 Å². The molecule has 0 unspecified atom stereocenters. The summed E-state index contributed by atoms with van der Waals surface area (Å²) >= 11 is 17.9. The molecule has 4 nitrogen and oxygen atoms in total. The predicted octanol–water partition coefficient (Wildman–Crippen LogP) is 4.66. The van der Waals surface area contributed by atoms with Crippen molar-refractivity contribution in [2.75, 3.05) is 5.32 Å². The minimum Gasteiger partial charge on any atom is -0.337 e. The Balaban J connectivity index is 2.01. The van der Waals surface area contributed by atoms with Gasteiger partial charge >= 0.3 is 0 Å². The van der Waals surface area contributed by atoms with E-state index in [2.05, 4.69) is 20.5 Å². The Morgan fingerprint density at radius 2 is 1.84 bits per heavy atom. The quantitative estimate of drug-likeness (QED) is 0.676. The molecule has 0 aliphatic carbocycles. The van der Waals surface area contributed by atoms with Gasteiger partial charge in [-0.3, -0.25) is 10.1 Å². The van der Waals surface area contributed by atoms with Gasteiger partial charge in [-0.2, -0.15) is 5.10 Å². The highest BCUT2D eigenvalue weighted by molar-refractivity contribution is 6.48. The standard InChI is InChI=1S/C12H7Cl3N4/c13-7-4-6(5-8(14)10(7)15)17-12-11-9(18-19-12)2-1-3-16-11/h1-5H,(H2,17,18,19). The van der Waals surface area contributed by atoms with Crippen molar-refractivity contribution in [2.24, 2.45) is 0 Å². The van der Waals surface area contributed by atoms with E-state index in [4.69, 9.17) is 34.8 Å². The third-order valence-electron chi connectivity index (χ3n) is 2.57. The highest BCUT2D eigenvalue weighted by Crippen LogP contribution is 2.34. The summed E-state index contributed by atoms with van der Waals surface area (Å²) in [6.07, 6.45) is 1.70. The van der Waals surface area contributed by atoms with Crippen molar-refractivity contribution >= 4 is 57.3 Å². The molecule has 0 atom stereocenters. The number of aromatic nitrogens is 3. The van der Waals surface area contributed by atoms with E-state index in [0.29, 0.717) is 26.6 Å². The SMILES string of the molecule is Clc1cc(Nc2n[nH]c3cccnc23)cc(Cl)c1Cl. The molecule has 2 heterocycles. The van der Waals surface area contributed by atoms with Crippen molar-refractivity contribution in [3.8, 4) is 0 Å². The number of hydrogen-bond acceptors (Lipinski definition) is 3. The zero-order valence-electron chi connectivity index (χ0n) is 9.42. The first kappa shape index (κ1) is 12.5. The van der Waals surface area contributed by atoms with Gasteiger partial charge in [0.1, 0.15) is 5.52 Å². The molecule has 19 heavy (non-hydrogen) atoms. The predicted molar refractivity (Wildman–Crippen MR) is 78.6 cm³/mol. The second-order valence-corrected chi connectivity index (χ2v) is 5.04. The van der Waals surface area contributed by atoms with Gasteiger partial charge in [-0.1, -0.05) is 34.8 Å². The minimum absolute atomic E-state index is 0.332. The average Bonchev–Trinajstić information content (AvgIpc) is 2.79. The van der Waals surface area contributed by atoms with Crippen LogP contribution in [0.3, 0.4) is 0 Å². The second-order valence-electron chi connectivity index (χ2n) is 3.85. The molecule has 0 aliphatic heterocycles. The first-order chi connectivity index (χ1) is 9.15. The van der Waals surface area contributed by atoms with Crippen LogP contribution in [0.1, 0.15) is 0 Å². The van der Waals surface area contributed by atoms with Crippen LogP contribution in [0.5, 0.6) is 0 Å². The molecule has 0 spiro atoms. The summed E-state index contributed by atoms with van der Waals surface area (Å²) in [6.45, 7) is 0. The van der Waals surface area contributed by atoms with Crippen molar-refractivity contribution < 1.29 is 0 Å². The number of rotatable bonds is 2. The maximum Gasteiger partial charge on any atom is 0.178 e. The van der Waals surface area contributed by atoms with Gasteiger partial charge in [-0.25, -0.2) is 0 Å². The number of hydrogen-bond donors (Lipinski definition) is 2. The van der Waals surface area contributed by atoms with Crippen LogP contribution in [-0.4, -0.2) is 15.2 Å². The third kappa shape index (κ3) is 2.34. The van der Waals surface area contributed by atoms with Crippen molar-refractivity contribution in [1.82, 2.24) is 15.2 Å². The molecule has 0 aliphatic rings. The summed E-state index contributed by atoms with van der Waals surface area (Å²) in [5, 5.41) is 11.2. The van der Waals surface area contributed by atoms with Crippen molar-refractivity contribution in [2.45, 2.75) is 0 Å². The molecular weight excluding hydrogens is 307 g/mol. The number of nitrogens with one attached hydrogen (secondary N) is 2. The van der Waals surface area contributed by atoms with Crippen LogP contribution in [0.4, 0.5) is 11.5 Å². The summed E-state index contributed by atoms with van der Waals surface area (Å²) in [4.78, 5) is 4.25. The number of nitrogens with zero attached hydrogens (tertiary/aromatic N) is 2. The van der Waals surface area contributed by atoms with Crippen molar-refractivity contribution in [1.29, 1.82) is 0 Å². The van der Waals surface area contributed by atoms with E-state index in [1.165, 1.54) is 0 Å². The molecule has 2 aromatic heterocycles. The zero-order chi connectivity index (χ0) is 13.4. The molecule has 0 saturated carbocycles. The fraction of sp³-hybridized carbons (Fsp3) is 0. The van der Waals surface area contributed by atoms with E-state index in [1.54, 1.807) is 18.3 Å². The summed E-state index contributed by atoms with van der Waals surface area (Å²) in [5.41, 5.74) is 2.28. The first-order valence-corrected chi connectivity index (χ1v) is 6.49. The summed E-state index contributed by atoms with van der Waals surface area (Å²) < 4.78 is 0. The number of fused-ring (bicyclic) bond motifs is 1. The Morgan fingerprint density at radius 3 is 2.58 bits per heavy atom. The molecular formula is C12H7Cl3N4. The van der Waals surface area contributed by atoms with Gasteiger partial charge in [-0.15, -0.1) is 0 Å². The van der Waals surface area contributed by atoms with E-state index in [0.717, 1.165) is 11.0 Å². The van der Waals surface area contributed by atoms with Gasteiger partial charge < -0.3 is 5.32 Å². The first-order valence-electron chi connectivity index (χ1n) is 5.36. The molecule has 0 saturated heterocycles. The molecule has 3 aromatic rings. The van der Waals surface area contributed by atoms with Gasteiger partial charge in [0.2, 0.25) is 0 Å². The second kappa shape index (κ2) is 4.89. The topological polar surface area (TPSA) is 53.6 Å². The van der Waals surface area contributed by atoms with E-state index in [9.17, 15) is 0 Å². The van der Waals surface area contributed by atoms with Crippen LogP contribution in [0, 0.1) is 0 Å². The third-order valence-corrected chi connectivity index (χ3v) is 3.76. The molecule has 3 rings (SSSR count). The number of pyridine rings is 1. The Bertz CT molecular complexity index is 731. The van der Waals surface area contributed by atoms with Crippen molar-refractivity contribution in [3.05, 3.63) is 45.5 Å². The van der Waals surface area contributed by atoms with Crippen LogP contribution in [0.25, 0.3) is 11.0 Å². The maximum atomic E-state index is 5.98. The highest BCUT2D eigenvalue weighted by atomic mass is 35.5. The van der Waals surface area contributed by atoms with Crippen LogP contribution >= 0.6 is 34.8 Å². The molecule has 96 valence electrons. The molecule has 0 fully saturated rings. The summed E-state index contributed by atoms with van der Waals surface area (Å²) in [7, 11) is 0. The van der Waals surface area contributed by atoms with Gasteiger partial charge in [0.15, 0.2) is 5.82 Å². The lowest BCUT2D eigenvalue weighted by molar-refractivity contribution is 1.12. The Kier molecular flexibility index (Phi) is 3.22. The molecule has 1 aromatic carbocycles. The lowest BCUT2D eigenvalue weighted by Crippen LogP contribution is -1.92. The van der Waals surface area contributed by atoms with Gasteiger partial charge in [-0.05, 0) is 24.3 Å².